The lowest BCUT2D eigenvalue weighted by Crippen LogP contribution is -2.24. The summed E-state index contributed by atoms with van der Waals surface area (Å²) in [5, 5.41) is 4.09. The molecule has 2 aromatic carbocycles. The molecule has 0 aliphatic carbocycles. The lowest BCUT2D eigenvalue weighted by Gasteiger charge is -2.29. The first-order valence-electron chi connectivity index (χ1n) is 6.52. The predicted octanol–water partition coefficient (Wildman–Crippen LogP) is 4.20. The van der Waals surface area contributed by atoms with Gasteiger partial charge in [0.15, 0.2) is 0 Å². The van der Waals surface area contributed by atoms with Crippen LogP contribution in [-0.2, 0) is 0 Å². The molecule has 104 valence electrons. The van der Waals surface area contributed by atoms with Crippen LogP contribution in [0.15, 0.2) is 36.4 Å². The zero-order chi connectivity index (χ0) is 14.1. The molecular formula is C16H16ClNO2. The number of anilines is 1. The summed E-state index contributed by atoms with van der Waals surface area (Å²) >= 11 is 6.07. The highest BCUT2D eigenvalue weighted by Gasteiger charge is 2.24. The summed E-state index contributed by atoms with van der Waals surface area (Å²) in [5.74, 6) is 1.70. The van der Waals surface area contributed by atoms with Crippen molar-refractivity contribution in [3.63, 3.8) is 0 Å². The second-order valence-electron chi connectivity index (χ2n) is 4.83. The normalized spacial score (nSPS) is 16.9. The van der Waals surface area contributed by atoms with Gasteiger partial charge in [0.25, 0.3) is 0 Å². The van der Waals surface area contributed by atoms with Crippen LogP contribution in [0.5, 0.6) is 11.5 Å². The molecule has 1 N–H and O–H groups in total. The van der Waals surface area contributed by atoms with Crippen molar-refractivity contribution in [1.82, 2.24) is 0 Å². The highest BCUT2D eigenvalue weighted by atomic mass is 35.5. The molecule has 0 radical (unpaired) electrons. The van der Waals surface area contributed by atoms with E-state index in [4.69, 9.17) is 21.1 Å². The Balaban J connectivity index is 1.96. The molecule has 1 unspecified atom stereocenters. The fraction of sp³-hybridized carbons (Fsp3) is 0.250. The third-order valence-corrected chi connectivity index (χ3v) is 3.68. The summed E-state index contributed by atoms with van der Waals surface area (Å²) in [6.45, 7) is 2.68. The first-order valence-corrected chi connectivity index (χ1v) is 6.90. The summed E-state index contributed by atoms with van der Waals surface area (Å²) < 4.78 is 11.6. The Bertz CT molecular complexity index is 642. The minimum atomic E-state index is -0.0708. The third kappa shape index (κ3) is 2.29. The van der Waals surface area contributed by atoms with Crippen LogP contribution in [0.25, 0.3) is 0 Å². The monoisotopic (exact) mass is 289 g/mol. The molecular weight excluding hydrogens is 274 g/mol. The maximum absolute atomic E-state index is 6.15. The molecule has 1 heterocycles. The Morgan fingerprint density at radius 1 is 1.30 bits per heavy atom. The highest BCUT2D eigenvalue weighted by molar-refractivity contribution is 6.31. The fourth-order valence-electron chi connectivity index (χ4n) is 2.51. The third-order valence-electron chi connectivity index (χ3n) is 3.46. The van der Waals surface area contributed by atoms with E-state index in [0.717, 1.165) is 28.3 Å². The number of halogens is 1. The van der Waals surface area contributed by atoms with Crippen LogP contribution in [0.2, 0.25) is 5.02 Å². The van der Waals surface area contributed by atoms with E-state index >= 15 is 0 Å². The van der Waals surface area contributed by atoms with E-state index < -0.39 is 0 Å². The summed E-state index contributed by atoms with van der Waals surface area (Å²) in [6, 6.07) is 11.7. The van der Waals surface area contributed by atoms with E-state index in [1.807, 2.05) is 43.3 Å². The van der Waals surface area contributed by atoms with Crippen LogP contribution >= 0.6 is 11.6 Å². The van der Waals surface area contributed by atoms with Crippen molar-refractivity contribution in [3.05, 3.63) is 52.5 Å². The molecule has 0 spiro atoms. The average Bonchev–Trinajstić information content (AvgIpc) is 2.47. The van der Waals surface area contributed by atoms with Crippen molar-refractivity contribution < 1.29 is 9.47 Å². The standard InChI is InChI=1S/C16H16ClNO2/c1-10-7-11(17)8-13-16(10)20-15(9-18-13)12-5-3-4-6-14(12)19-2/h3-8,15,18H,9H2,1-2H3. The number of ether oxygens (including phenoxy) is 2. The molecule has 0 fully saturated rings. The van der Waals surface area contributed by atoms with Gasteiger partial charge in [-0.2, -0.15) is 0 Å². The smallest absolute Gasteiger partial charge is 0.146 e. The van der Waals surface area contributed by atoms with E-state index in [1.54, 1.807) is 7.11 Å². The van der Waals surface area contributed by atoms with Crippen molar-refractivity contribution in [2.75, 3.05) is 19.0 Å². The van der Waals surface area contributed by atoms with Crippen LogP contribution in [0.4, 0.5) is 5.69 Å². The van der Waals surface area contributed by atoms with Gasteiger partial charge in [-0.1, -0.05) is 29.8 Å². The lowest BCUT2D eigenvalue weighted by molar-refractivity contribution is 0.204. The molecule has 0 saturated carbocycles. The average molecular weight is 290 g/mol. The van der Waals surface area contributed by atoms with Gasteiger partial charge in [0.2, 0.25) is 0 Å². The molecule has 1 aliphatic heterocycles. The number of fused-ring (bicyclic) bond motifs is 1. The van der Waals surface area contributed by atoms with Gasteiger partial charge >= 0.3 is 0 Å². The summed E-state index contributed by atoms with van der Waals surface area (Å²) in [6.07, 6.45) is -0.0708. The zero-order valence-electron chi connectivity index (χ0n) is 11.4. The van der Waals surface area contributed by atoms with Gasteiger partial charge in [0, 0.05) is 10.6 Å². The molecule has 20 heavy (non-hydrogen) atoms. The number of para-hydroxylation sites is 1. The number of benzene rings is 2. The summed E-state index contributed by atoms with van der Waals surface area (Å²) in [5.41, 5.74) is 3.02. The highest BCUT2D eigenvalue weighted by Crippen LogP contribution is 2.40. The Kier molecular flexibility index (Phi) is 3.45. The van der Waals surface area contributed by atoms with Gasteiger partial charge < -0.3 is 14.8 Å². The first kappa shape index (κ1) is 13.1. The number of aryl methyl sites for hydroxylation is 1. The number of methoxy groups -OCH3 is 1. The molecule has 3 nitrogen and oxygen atoms in total. The zero-order valence-corrected chi connectivity index (χ0v) is 12.2. The second kappa shape index (κ2) is 5.25. The van der Waals surface area contributed by atoms with Crippen molar-refractivity contribution in [2.24, 2.45) is 0 Å². The maximum Gasteiger partial charge on any atom is 0.146 e. The Labute approximate surface area is 123 Å². The summed E-state index contributed by atoms with van der Waals surface area (Å²) in [7, 11) is 1.67. The maximum atomic E-state index is 6.15. The quantitative estimate of drug-likeness (QED) is 0.898. The Hall–Kier alpha value is -1.87. The van der Waals surface area contributed by atoms with Crippen LogP contribution in [0.1, 0.15) is 17.2 Å². The van der Waals surface area contributed by atoms with Gasteiger partial charge in [-0.15, -0.1) is 0 Å². The Morgan fingerprint density at radius 3 is 2.90 bits per heavy atom. The number of rotatable bonds is 2. The number of hydrogen-bond acceptors (Lipinski definition) is 3. The van der Waals surface area contributed by atoms with Crippen LogP contribution in [-0.4, -0.2) is 13.7 Å². The van der Waals surface area contributed by atoms with Crippen LogP contribution < -0.4 is 14.8 Å². The van der Waals surface area contributed by atoms with Crippen molar-refractivity contribution >= 4 is 17.3 Å². The number of nitrogens with one attached hydrogen (secondary N) is 1. The van der Waals surface area contributed by atoms with Crippen molar-refractivity contribution in [2.45, 2.75) is 13.0 Å². The molecule has 1 atom stereocenters. The van der Waals surface area contributed by atoms with E-state index in [0.29, 0.717) is 11.6 Å². The van der Waals surface area contributed by atoms with Crippen molar-refractivity contribution in [3.8, 4) is 11.5 Å². The first-order chi connectivity index (χ1) is 9.69. The number of hydrogen-bond donors (Lipinski definition) is 1. The molecule has 4 heteroatoms. The molecule has 0 saturated heterocycles. The van der Waals surface area contributed by atoms with Gasteiger partial charge in [-0.3, -0.25) is 0 Å². The van der Waals surface area contributed by atoms with Gasteiger partial charge in [-0.25, -0.2) is 0 Å². The topological polar surface area (TPSA) is 30.5 Å². The van der Waals surface area contributed by atoms with E-state index in [-0.39, 0.29) is 6.10 Å². The molecule has 2 aromatic rings. The van der Waals surface area contributed by atoms with Crippen LogP contribution in [0, 0.1) is 6.92 Å². The molecule has 0 bridgehead atoms. The summed E-state index contributed by atoms with van der Waals surface area (Å²) in [4.78, 5) is 0. The Morgan fingerprint density at radius 2 is 2.10 bits per heavy atom. The second-order valence-corrected chi connectivity index (χ2v) is 5.27. The molecule has 3 rings (SSSR count). The molecule has 1 aliphatic rings. The predicted molar refractivity (Wildman–Crippen MR) is 81.0 cm³/mol. The molecule has 0 amide bonds. The van der Waals surface area contributed by atoms with Gasteiger partial charge in [0.1, 0.15) is 17.6 Å². The minimum Gasteiger partial charge on any atom is -0.496 e. The van der Waals surface area contributed by atoms with E-state index in [2.05, 4.69) is 5.32 Å². The fourth-order valence-corrected chi connectivity index (χ4v) is 2.78. The van der Waals surface area contributed by atoms with Crippen molar-refractivity contribution in [1.29, 1.82) is 0 Å². The van der Waals surface area contributed by atoms with E-state index in [1.165, 1.54) is 0 Å². The molecule has 0 aromatic heterocycles. The lowest BCUT2D eigenvalue weighted by atomic mass is 10.1. The van der Waals surface area contributed by atoms with E-state index in [9.17, 15) is 0 Å². The van der Waals surface area contributed by atoms with Gasteiger partial charge in [-0.05, 0) is 30.7 Å². The van der Waals surface area contributed by atoms with Gasteiger partial charge in [0.05, 0.1) is 19.3 Å². The minimum absolute atomic E-state index is 0.0708. The SMILES string of the molecule is COc1ccccc1C1CNc2cc(Cl)cc(C)c2O1. The largest absolute Gasteiger partial charge is 0.496 e. The van der Waals surface area contributed by atoms with Crippen LogP contribution in [0.3, 0.4) is 0 Å².